The van der Waals surface area contributed by atoms with E-state index < -0.39 is 10.0 Å². The second-order valence-corrected chi connectivity index (χ2v) is 7.42. The summed E-state index contributed by atoms with van der Waals surface area (Å²) in [6.07, 6.45) is 2.67. The molecule has 1 aromatic rings. The van der Waals surface area contributed by atoms with E-state index in [2.05, 4.69) is 4.72 Å². The van der Waals surface area contributed by atoms with Crippen LogP contribution in [0.3, 0.4) is 0 Å². The summed E-state index contributed by atoms with van der Waals surface area (Å²) in [5.74, 6) is 0. The summed E-state index contributed by atoms with van der Waals surface area (Å²) in [5, 5.41) is 1.83. The van der Waals surface area contributed by atoms with E-state index in [4.69, 9.17) is 10.5 Å². The molecule has 0 aromatic carbocycles. The normalized spacial score (nSPS) is 23.9. The smallest absolute Gasteiger partial charge is 0.242 e. The van der Waals surface area contributed by atoms with Crippen LogP contribution in [-0.2, 0) is 21.3 Å². The van der Waals surface area contributed by atoms with Gasteiger partial charge in [0, 0.05) is 24.6 Å². The van der Waals surface area contributed by atoms with Crippen LogP contribution in [-0.4, -0.2) is 27.7 Å². The average Bonchev–Trinajstić information content (AvgIpc) is 2.94. The number of nitrogens with two attached hydrogens (primary N) is 1. The highest BCUT2D eigenvalue weighted by Gasteiger charge is 2.33. The van der Waals surface area contributed by atoms with Gasteiger partial charge < -0.3 is 10.5 Å². The van der Waals surface area contributed by atoms with Gasteiger partial charge in [-0.3, -0.25) is 0 Å². The molecule has 1 aromatic heterocycles. The number of ether oxygens (including phenoxy) is 1. The number of hydrogen-bond donors (Lipinski definition) is 2. The lowest BCUT2D eigenvalue weighted by Gasteiger charge is -2.20. The number of thiophene rings is 1. The average molecular weight is 304 g/mol. The number of hydrogen-bond acceptors (Lipinski definition) is 5. The topological polar surface area (TPSA) is 81.4 Å². The van der Waals surface area contributed by atoms with E-state index in [9.17, 15) is 8.42 Å². The lowest BCUT2D eigenvalue weighted by Crippen LogP contribution is -2.41. The van der Waals surface area contributed by atoms with E-state index in [0.717, 1.165) is 24.8 Å². The minimum atomic E-state index is -3.52. The first-order valence-electron chi connectivity index (χ1n) is 6.31. The van der Waals surface area contributed by atoms with E-state index >= 15 is 0 Å². The number of nitrogens with one attached hydrogen (secondary N) is 1. The van der Waals surface area contributed by atoms with E-state index in [1.165, 1.54) is 11.3 Å². The molecule has 2 rings (SSSR count). The predicted octanol–water partition coefficient (Wildman–Crippen LogP) is 1.36. The van der Waals surface area contributed by atoms with Gasteiger partial charge in [0.15, 0.2) is 0 Å². The molecule has 0 bridgehead atoms. The summed E-state index contributed by atoms with van der Waals surface area (Å²) in [7, 11) is -1.89. The summed E-state index contributed by atoms with van der Waals surface area (Å²) in [4.78, 5) is 1.05. The van der Waals surface area contributed by atoms with Crippen molar-refractivity contribution < 1.29 is 13.2 Å². The van der Waals surface area contributed by atoms with E-state index in [1.54, 1.807) is 14.0 Å². The number of methoxy groups -OCH3 is 1. The van der Waals surface area contributed by atoms with Crippen LogP contribution in [0.15, 0.2) is 10.3 Å². The van der Waals surface area contributed by atoms with Crippen LogP contribution >= 0.6 is 11.3 Å². The fourth-order valence-electron chi connectivity index (χ4n) is 2.59. The minimum absolute atomic E-state index is 0.0324. The van der Waals surface area contributed by atoms with Crippen molar-refractivity contribution in [3.8, 4) is 0 Å². The van der Waals surface area contributed by atoms with Gasteiger partial charge >= 0.3 is 0 Å². The van der Waals surface area contributed by atoms with E-state index in [1.807, 2.05) is 5.38 Å². The Morgan fingerprint density at radius 1 is 1.53 bits per heavy atom. The highest BCUT2D eigenvalue weighted by molar-refractivity contribution is 7.89. The minimum Gasteiger partial charge on any atom is -0.380 e. The maximum absolute atomic E-state index is 12.5. The van der Waals surface area contributed by atoms with Crippen LogP contribution in [0.2, 0.25) is 0 Å². The lowest BCUT2D eigenvalue weighted by molar-refractivity contribution is 0.0916. The largest absolute Gasteiger partial charge is 0.380 e. The lowest BCUT2D eigenvalue weighted by atomic mass is 10.2. The van der Waals surface area contributed by atoms with Crippen LogP contribution in [0.25, 0.3) is 0 Å². The summed E-state index contributed by atoms with van der Waals surface area (Å²) in [6.45, 7) is 2.04. The van der Waals surface area contributed by atoms with Gasteiger partial charge in [0.05, 0.1) is 6.10 Å². The molecular weight excluding hydrogens is 284 g/mol. The molecule has 1 saturated carbocycles. The van der Waals surface area contributed by atoms with Crippen LogP contribution in [0, 0.1) is 6.92 Å². The number of rotatable bonds is 5. The molecule has 1 aliphatic carbocycles. The molecule has 108 valence electrons. The number of sulfonamides is 1. The van der Waals surface area contributed by atoms with Crippen LogP contribution < -0.4 is 10.5 Å². The Morgan fingerprint density at radius 3 is 2.89 bits per heavy atom. The SMILES string of the molecule is COC1CCCC1NS(=O)(=O)c1c(C)csc1CN. The molecule has 1 fully saturated rings. The Bertz CT molecular complexity index is 539. The molecule has 0 spiro atoms. The van der Waals surface area contributed by atoms with Gasteiger partial charge in [-0.05, 0) is 37.1 Å². The molecule has 0 amide bonds. The molecule has 0 saturated heterocycles. The van der Waals surface area contributed by atoms with E-state index in [0.29, 0.717) is 9.77 Å². The Labute approximate surface area is 118 Å². The second-order valence-electron chi connectivity index (χ2n) is 4.81. The van der Waals surface area contributed by atoms with Crippen molar-refractivity contribution in [3.05, 3.63) is 15.8 Å². The third kappa shape index (κ3) is 3.00. The molecule has 1 aliphatic rings. The molecule has 2 atom stereocenters. The zero-order valence-electron chi connectivity index (χ0n) is 11.2. The van der Waals surface area contributed by atoms with Crippen molar-refractivity contribution >= 4 is 21.4 Å². The van der Waals surface area contributed by atoms with Crippen molar-refractivity contribution in [2.75, 3.05) is 7.11 Å². The Balaban J connectivity index is 2.25. The highest BCUT2D eigenvalue weighted by Crippen LogP contribution is 2.29. The molecule has 19 heavy (non-hydrogen) atoms. The monoisotopic (exact) mass is 304 g/mol. The zero-order chi connectivity index (χ0) is 14.0. The summed E-state index contributed by atoms with van der Waals surface area (Å²) >= 11 is 1.39. The molecule has 0 aliphatic heterocycles. The van der Waals surface area contributed by atoms with Crippen molar-refractivity contribution in [1.82, 2.24) is 4.72 Å². The van der Waals surface area contributed by atoms with Crippen LogP contribution in [0.1, 0.15) is 29.7 Å². The van der Waals surface area contributed by atoms with E-state index in [-0.39, 0.29) is 18.7 Å². The van der Waals surface area contributed by atoms with Crippen molar-refractivity contribution in [3.63, 3.8) is 0 Å². The zero-order valence-corrected chi connectivity index (χ0v) is 12.8. The van der Waals surface area contributed by atoms with Gasteiger partial charge in [0.2, 0.25) is 10.0 Å². The van der Waals surface area contributed by atoms with Crippen molar-refractivity contribution in [2.45, 2.75) is 49.8 Å². The fraction of sp³-hybridized carbons (Fsp3) is 0.667. The molecule has 2 unspecified atom stereocenters. The predicted molar refractivity (Wildman–Crippen MR) is 75.7 cm³/mol. The van der Waals surface area contributed by atoms with Crippen LogP contribution in [0.4, 0.5) is 0 Å². The third-order valence-corrected chi connectivity index (χ3v) is 6.48. The Kier molecular flexibility index (Phi) is 4.62. The maximum atomic E-state index is 12.5. The molecule has 0 radical (unpaired) electrons. The fourth-order valence-corrected chi connectivity index (χ4v) is 5.59. The van der Waals surface area contributed by atoms with Crippen molar-refractivity contribution in [2.24, 2.45) is 5.73 Å². The first-order valence-corrected chi connectivity index (χ1v) is 8.68. The maximum Gasteiger partial charge on any atom is 0.242 e. The third-order valence-electron chi connectivity index (χ3n) is 3.51. The van der Waals surface area contributed by atoms with Gasteiger partial charge in [-0.1, -0.05) is 0 Å². The quantitative estimate of drug-likeness (QED) is 0.860. The molecular formula is C12H20N2O3S2. The van der Waals surface area contributed by atoms with Gasteiger partial charge in [-0.2, -0.15) is 0 Å². The van der Waals surface area contributed by atoms with Gasteiger partial charge in [-0.25, -0.2) is 13.1 Å². The van der Waals surface area contributed by atoms with Crippen LogP contribution in [0.5, 0.6) is 0 Å². The Hall–Kier alpha value is -0.470. The molecule has 1 heterocycles. The molecule has 5 nitrogen and oxygen atoms in total. The summed E-state index contributed by atoms with van der Waals surface area (Å²) < 4.78 is 33.1. The number of aryl methyl sites for hydroxylation is 1. The van der Waals surface area contributed by atoms with Gasteiger partial charge in [0.25, 0.3) is 0 Å². The van der Waals surface area contributed by atoms with Crippen molar-refractivity contribution in [1.29, 1.82) is 0 Å². The standard InChI is InChI=1S/C12H20N2O3S2/c1-8-7-18-11(6-13)12(8)19(15,16)14-9-4-3-5-10(9)17-2/h7,9-10,14H,3-6,13H2,1-2H3. The highest BCUT2D eigenvalue weighted by atomic mass is 32.2. The van der Waals surface area contributed by atoms with Gasteiger partial charge in [-0.15, -0.1) is 11.3 Å². The Morgan fingerprint density at radius 2 is 2.26 bits per heavy atom. The van der Waals surface area contributed by atoms with Gasteiger partial charge in [0.1, 0.15) is 4.90 Å². The first kappa shape index (κ1) is 14.9. The first-order chi connectivity index (χ1) is 8.99. The summed E-state index contributed by atoms with van der Waals surface area (Å²) in [6, 6.07) is -0.139. The second kappa shape index (κ2) is 5.88. The molecule has 3 N–H and O–H groups in total. The summed E-state index contributed by atoms with van der Waals surface area (Å²) in [5.41, 5.74) is 6.37. The molecule has 7 heteroatoms.